The number of ether oxygens (including phenoxy) is 3. The molecule has 33 heavy (non-hydrogen) atoms. The zero-order chi connectivity index (χ0) is 24.5. The lowest BCUT2D eigenvalue weighted by atomic mass is 10.1. The van der Waals surface area contributed by atoms with Gasteiger partial charge in [0.15, 0.2) is 11.5 Å². The molecule has 0 aliphatic carbocycles. The highest BCUT2D eigenvalue weighted by atomic mass is 16.6. The third kappa shape index (κ3) is 6.43. The number of methoxy groups -OCH3 is 3. The lowest BCUT2D eigenvalue weighted by Gasteiger charge is -2.12. The number of hydrogen-bond donors (Lipinski definition) is 3. The standard InChI is InChI=1S/C21H21N3O9/c1-31-14-6-4-12(5-7-14)20(27)23-15(21(28)22-11-19(25)26)8-13-9-17(32-2)18(33-3)10-16(13)24(29)30/h4-10H,11H2,1-3H3,(H,22,28)(H,23,27)(H,25,26). The van der Waals surface area contributed by atoms with Gasteiger partial charge in [0.2, 0.25) is 0 Å². The van der Waals surface area contributed by atoms with Gasteiger partial charge >= 0.3 is 5.97 Å². The summed E-state index contributed by atoms with van der Waals surface area (Å²) >= 11 is 0. The number of nitro benzene ring substituents is 1. The molecule has 0 aliphatic rings. The zero-order valence-corrected chi connectivity index (χ0v) is 17.9. The van der Waals surface area contributed by atoms with Gasteiger partial charge in [-0.05, 0) is 36.4 Å². The molecule has 0 atom stereocenters. The number of benzene rings is 2. The van der Waals surface area contributed by atoms with Crippen LogP contribution in [-0.4, -0.2) is 55.7 Å². The number of nitrogens with zero attached hydrogens (tertiary/aromatic N) is 1. The monoisotopic (exact) mass is 459 g/mol. The summed E-state index contributed by atoms with van der Waals surface area (Å²) in [6.07, 6.45) is 1.04. The van der Waals surface area contributed by atoms with E-state index in [-0.39, 0.29) is 22.6 Å². The van der Waals surface area contributed by atoms with Crippen molar-refractivity contribution in [2.24, 2.45) is 0 Å². The van der Waals surface area contributed by atoms with Crippen LogP contribution in [0.3, 0.4) is 0 Å². The van der Waals surface area contributed by atoms with E-state index in [9.17, 15) is 24.5 Å². The topological polar surface area (TPSA) is 166 Å². The largest absolute Gasteiger partial charge is 0.497 e. The predicted octanol–water partition coefficient (Wildman–Crippen LogP) is 1.59. The minimum absolute atomic E-state index is 0.0838. The first kappa shape index (κ1) is 24.7. The van der Waals surface area contributed by atoms with Crippen LogP contribution in [0.5, 0.6) is 17.2 Å². The van der Waals surface area contributed by atoms with Crippen LogP contribution < -0.4 is 24.8 Å². The van der Waals surface area contributed by atoms with Crippen molar-refractivity contribution in [1.82, 2.24) is 10.6 Å². The number of carbonyl (C=O) groups excluding carboxylic acids is 2. The van der Waals surface area contributed by atoms with Gasteiger partial charge in [0, 0.05) is 5.56 Å². The third-order valence-corrected chi connectivity index (χ3v) is 4.27. The van der Waals surface area contributed by atoms with E-state index in [0.29, 0.717) is 5.75 Å². The van der Waals surface area contributed by atoms with E-state index < -0.39 is 40.6 Å². The Morgan fingerprint density at radius 2 is 1.64 bits per heavy atom. The molecule has 12 heteroatoms. The third-order valence-electron chi connectivity index (χ3n) is 4.27. The fourth-order valence-electron chi connectivity index (χ4n) is 2.66. The lowest BCUT2D eigenvalue weighted by molar-refractivity contribution is -0.385. The van der Waals surface area contributed by atoms with Crippen LogP contribution in [0.25, 0.3) is 6.08 Å². The molecule has 0 bridgehead atoms. The van der Waals surface area contributed by atoms with Crippen LogP contribution in [0.4, 0.5) is 5.69 Å². The van der Waals surface area contributed by atoms with E-state index in [2.05, 4.69) is 10.6 Å². The number of rotatable bonds is 10. The van der Waals surface area contributed by atoms with Crippen LogP contribution >= 0.6 is 0 Å². The van der Waals surface area contributed by atoms with Crippen molar-refractivity contribution in [3.63, 3.8) is 0 Å². The Labute approximate surface area is 187 Å². The molecule has 0 saturated carbocycles. The van der Waals surface area contributed by atoms with Gasteiger partial charge in [-0.3, -0.25) is 24.5 Å². The second-order valence-corrected chi connectivity index (χ2v) is 6.34. The molecule has 2 rings (SSSR count). The van der Waals surface area contributed by atoms with Gasteiger partial charge in [-0.15, -0.1) is 0 Å². The number of amides is 2. The molecule has 2 aromatic carbocycles. The van der Waals surface area contributed by atoms with Crippen molar-refractivity contribution in [2.45, 2.75) is 0 Å². The van der Waals surface area contributed by atoms with Crippen LogP contribution in [0, 0.1) is 10.1 Å². The Morgan fingerprint density at radius 1 is 1.03 bits per heavy atom. The number of carboxylic acid groups (broad SMARTS) is 1. The van der Waals surface area contributed by atoms with Gasteiger partial charge in [-0.1, -0.05) is 0 Å². The normalized spacial score (nSPS) is 10.7. The maximum Gasteiger partial charge on any atom is 0.322 e. The molecule has 0 fully saturated rings. The van der Waals surface area contributed by atoms with Gasteiger partial charge in [-0.2, -0.15) is 0 Å². The highest BCUT2D eigenvalue weighted by Crippen LogP contribution is 2.35. The minimum atomic E-state index is -1.32. The Bertz CT molecular complexity index is 1090. The molecule has 0 aliphatic heterocycles. The fraction of sp³-hybridized carbons (Fsp3) is 0.190. The Balaban J connectivity index is 2.52. The number of carbonyl (C=O) groups is 3. The second-order valence-electron chi connectivity index (χ2n) is 6.34. The minimum Gasteiger partial charge on any atom is -0.497 e. The van der Waals surface area contributed by atoms with E-state index in [1.165, 1.54) is 51.7 Å². The van der Waals surface area contributed by atoms with Gasteiger partial charge in [-0.25, -0.2) is 0 Å². The smallest absolute Gasteiger partial charge is 0.322 e. The SMILES string of the molecule is COc1ccc(C(=O)NC(=Cc2cc(OC)c(OC)cc2[N+](=O)[O-])C(=O)NCC(=O)O)cc1. The van der Waals surface area contributed by atoms with Crippen molar-refractivity contribution < 1.29 is 38.6 Å². The van der Waals surface area contributed by atoms with Crippen molar-refractivity contribution >= 4 is 29.5 Å². The second kappa shape index (κ2) is 11.1. The van der Waals surface area contributed by atoms with Crippen LogP contribution in [-0.2, 0) is 9.59 Å². The number of nitro groups is 1. The summed E-state index contributed by atoms with van der Waals surface area (Å²) in [5.74, 6) is -2.27. The maximum absolute atomic E-state index is 12.7. The summed E-state index contributed by atoms with van der Waals surface area (Å²) in [5, 5.41) is 24.9. The van der Waals surface area contributed by atoms with Crippen molar-refractivity contribution in [3.8, 4) is 17.2 Å². The summed E-state index contributed by atoms with van der Waals surface area (Å²) in [7, 11) is 4.08. The molecule has 2 aromatic rings. The Morgan fingerprint density at radius 3 is 2.15 bits per heavy atom. The molecule has 3 N–H and O–H groups in total. The van der Waals surface area contributed by atoms with Crippen molar-refractivity contribution in [2.75, 3.05) is 27.9 Å². The first-order valence-electron chi connectivity index (χ1n) is 9.27. The molecule has 0 aromatic heterocycles. The number of hydrogen-bond acceptors (Lipinski definition) is 8. The molecular formula is C21H21N3O9. The summed E-state index contributed by atoms with van der Waals surface area (Å²) in [6.45, 7) is -0.734. The number of aliphatic carboxylic acids is 1. The first-order chi connectivity index (χ1) is 15.7. The van der Waals surface area contributed by atoms with E-state index in [1.54, 1.807) is 0 Å². The highest BCUT2D eigenvalue weighted by molar-refractivity contribution is 6.06. The van der Waals surface area contributed by atoms with Crippen LogP contribution in [0.15, 0.2) is 42.1 Å². The van der Waals surface area contributed by atoms with E-state index in [4.69, 9.17) is 19.3 Å². The van der Waals surface area contributed by atoms with Crippen molar-refractivity contribution in [3.05, 3.63) is 63.3 Å². The summed E-state index contributed by atoms with van der Waals surface area (Å²) < 4.78 is 15.2. The number of nitrogens with one attached hydrogen (secondary N) is 2. The van der Waals surface area contributed by atoms with Crippen LogP contribution in [0.2, 0.25) is 0 Å². The molecule has 0 heterocycles. The molecule has 2 amide bonds. The molecule has 174 valence electrons. The van der Waals surface area contributed by atoms with E-state index in [1.807, 2.05) is 0 Å². The number of carboxylic acids is 1. The lowest BCUT2D eigenvalue weighted by Crippen LogP contribution is -2.37. The van der Waals surface area contributed by atoms with E-state index >= 15 is 0 Å². The van der Waals surface area contributed by atoms with Crippen LogP contribution in [0.1, 0.15) is 15.9 Å². The summed E-state index contributed by atoms with van der Waals surface area (Å²) in [6, 6.07) is 8.30. The maximum atomic E-state index is 12.7. The Hall–Kier alpha value is -4.61. The highest BCUT2D eigenvalue weighted by Gasteiger charge is 2.22. The van der Waals surface area contributed by atoms with Crippen molar-refractivity contribution in [1.29, 1.82) is 0 Å². The summed E-state index contributed by atoms with van der Waals surface area (Å²) in [4.78, 5) is 46.9. The van der Waals surface area contributed by atoms with Gasteiger partial charge in [0.1, 0.15) is 18.0 Å². The van der Waals surface area contributed by atoms with Gasteiger partial charge in [0.25, 0.3) is 17.5 Å². The van der Waals surface area contributed by atoms with Gasteiger partial charge in [0.05, 0.1) is 37.9 Å². The molecule has 0 spiro atoms. The first-order valence-corrected chi connectivity index (χ1v) is 9.27. The zero-order valence-electron chi connectivity index (χ0n) is 17.9. The average molecular weight is 459 g/mol. The molecule has 12 nitrogen and oxygen atoms in total. The molecule has 0 saturated heterocycles. The molecular weight excluding hydrogens is 438 g/mol. The predicted molar refractivity (Wildman–Crippen MR) is 115 cm³/mol. The molecule has 0 radical (unpaired) electrons. The fourth-order valence-corrected chi connectivity index (χ4v) is 2.66. The molecule has 0 unspecified atom stereocenters. The quantitative estimate of drug-likeness (QED) is 0.272. The average Bonchev–Trinajstić information content (AvgIpc) is 2.81. The van der Waals surface area contributed by atoms with Gasteiger partial charge < -0.3 is 30.0 Å². The summed E-state index contributed by atoms with van der Waals surface area (Å²) in [5.41, 5.74) is -0.787. The van der Waals surface area contributed by atoms with E-state index in [0.717, 1.165) is 12.1 Å². The Kier molecular flexibility index (Phi) is 8.32.